The zero-order chi connectivity index (χ0) is 36.4. The van der Waals surface area contributed by atoms with Gasteiger partial charge in [-0.3, -0.25) is 9.59 Å². The highest BCUT2D eigenvalue weighted by molar-refractivity contribution is 6.13. The van der Waals surface area contributed by atoms with Crippen molar-refractivity contribution < 1.29 is 35.9 Å². The van der Waals surface area contributed by atoms with Crippen LogP contribution >= 0.6 is 0 Å². The lowest BCUT2D eigenvalue weighted by Crippen LogP contribution is -2.54. The summed E-state index contributed by atoms with van der Waals surface area (Å²) in [7, 11) is 0. The number of aromatic nitrogens is 8. The average Bonchev–Trinajstić information content (AvgIpc) is 3.80. The van der Waals surface area contributed by atoms with Gasteiger partial charge in [-0.1, -0.05) is 31.3 Å². The topological polar surface area (TPSA) is 178 Å². The molecule has 0 aliphatic carbocycles. The monoisotopic (exact) mass is 692 g/mol. The number of hydrogen-bond donors (Lipinski definition) is 0. The Morgan fingerprint density at radius 2 is 1.08 bits per heavy atom. The van der Waals surface area contributed by atoms with Gasteiger partial charge in [-0.15, -0.1) is 9.97 Å². The van der Waals surface area contributed by atoms with Crippen LogP contribution in [0.2, 0.25) is 0 Å². The molecule has 6 heterocycles. The van der Waals surface area contributed by atoms with Crippen LogP contribution in [-0.4, -0.2) is 63.2 Å². The number of rotatable bonds is 2. The van der Waals surface area contributed by atoms with Crippen LogP contribution in [0.15, 0.2) is 36.4 Å². The molecule has 0 unspecified atom stereocenters. The van der Waals surface area contributed by atoms with Gasteiger partial charge in [0.25, 0.3) is 23.5 Å². The number of nitrogens with zero attached hydrogens (tertiary/aromatic N) is 12. The van der Waals surface area contributed by atoms with E-state index in [0.717, 1.165) is 21.3 Å². The fourth-order valence-electron chi connectivity index (χ4n) is 6.34. The maximum absolute atomic E-state index is 15.3. The van der Waals surface area contributed by atoms with Crippen molar-refractivity contribution in [2.75, 3.05) is 0 Å². The van der Waals surface area contributed by atoms with Crippen LogP contribution in [0.1, 0.15) is 43.2 Å². The van der Waals surface area contributed by atoms with E-state index in [1.54, 1.807) is 12.1 Å². The van der Waals surface area contributed by atoms with Crippen LogP contribution in [0.5, 0.6) is 0 Å². The normalized spacial score (nSPS) is 13.3. The molecule has 14 nitrogen and oxygen atoms in total. The fourth-order valence-corrected chi connectivity index (χ4v) is 6.34. The van der Waals surface area contributed by atoms with Crippen LogP contribution in [0.4, 0.5) is 38.0 Å². The molecule has 244 valence electrons. The Labute approximate surface area is 277 Å². The molecule has 0 fully saturated rings. The van der Waals surface area contributed by atoms with Crippen LogP contribution < -0.4 is 0 Å². The molecular weight excluding hydrogens is 686 g/mol. The highest BCUT2D eigenvalue weighted by Gasteiger charge is 2.73. The van der Waals surface area contributed by atoms with E-state index in [-0.39, 0.29) is 39.5 Å². The number of alkyl halides is 6. The molecular formula is C31H6F6N12O2. The smallest absolute Gasteiger partial charge is 0.370 e. The molecule has 0 N–H and O–H groups in total. The number of carbonyl (C=O) groups is 2. The van der Waals surface area contributed by atoms with Crippen molar-refractivity contribution in [2.45, 2.75) is 17.8 Å². The van der Waals surface area contributed by atoms with Gasteiger partial charge in [-0.05, 0) is 29.3 Å². The van der Waals surface area contributed by atoms with Gasteiger partial charge in [0.1, 0.15) is 12.1 Å². The minimum absolute atomic E-state index is 0.155. The molecule has 2 aliphatic heterocycles. The number of halogens is 6. The van der Waals surface area contributed by atoms with Crippen LogP contribution in [0.3, 0.4) is 0 Å². The lowest BCUT2D eigenvalue weighted by Gasteiger charge is -2.38. The quantitative estimate of drug-likeness (QED) is 0.165. The standard InChI is InChI=1S/C31H6F6N12O2/c1-40-19-20(41-2)45-26-22(44-19)47-23-13-5-3-12(8-16(13)28(51)48(23)26)29(30(32,33)34,31(35,36)37)11-4-6-14-15(7-11)24-46-21-25(49(24)27(14)50)43-18(10-39)17(9-38)42-21/h3-8H. The molecule has 4 aromatic heterocycles. The largest absolute Gasteiger partial charge is 0.411 e. The zero-order valence-electron chi connectivity index (χ0n) is 24.4. The molecule has 0 radical (unpaired) electrons. The SMILES string of the molecule is [C-]#[N+]c1nc2nc3n(c2nc1[N+]#[C-])C(=O)c1cc(C(c2ccc4c(c2)-c2nc5nc(C#N)c(C#N)nc5n2C4=O)(C(F)(F)F)C(F)(F)F)ccc1-3. The molecule has 0 bridgehead atoms. The van der Waals surface area contributed by atoms with Crippen LogP contribution in [0, 0.1) is 35.8 Å². The van der Waals surface area contributed by atoms with Gasteiger partial charge in [-0.25, -0.2) is 24.1 Å². The van der Waals surface area contributed by atoms with Gasteiger partial charge in [0.05, 0.1) is 11.1 Å². The Balaban J connectivity index is 1.34. The van der Waals surface area contributed by atoms with E-state index in [2.05, 4.69) is 39.6 Å². The molecule has 0 saturated carbocycles. The van der Waals surface area contributed by atoms with Crippen molar-refractivity contribution in [1.29, 1.82) is 10.5 Å². The molecule has 0 spiro atoms. The fraction of sp³-hybridized carbons (Fsp3) is 0.0968. The van der Waals surface area contributed by atoms with Gasteiger partial charge in [0.2, 0.25) is 5.41 Å². The maximum Gasteiger partial charge on any atom is 0.411 e. The van der Waals surface area contributed by atoms with Crippen LogP contribution in [-0.2, 0) is 5.41 Å². The zero-order valence-corrected chi connectivity index (χ0v) is 24.4. The highest BCUT2D eigenvalue weighted by Crippen LogP contribution is 2.57. The third-order valence-electron chi connectivity index (χ3n) is 8.48. The second-order valence-corrected chi connectivity index (χ2v) is 11.0. The molecule has 0 saturated heterocycles. The molecule has 8 rings (SSSR count). The number of fused-ring (bicyclic) bond motifs is 10. The minimum Gasteiger partial charge on any atom is -0.370 e. The molecule has 2 aliphatic rings. The van der Waals surface area contributed by atoms with E-state index in [9.17, 15) is 20.1 Å². The predicted octanol–water partition coefficient (Wildman–Crippen LogP) is 5.56. The molecule has 51 heavy (non-hydrogen) atoms. The Kier molecular flexibility index (Phi) is 5.87. The number of hydrogen-bond acceptors (Lipinski definition) is 10. The van der Waals surface area contributed by atoms with Crippen molar-refractivity contribution in [1.82, 2.24) is 39.0 Å². The molecule has 6 aromatic rings. The van der Waals surface area contributed by atoms with Crippen LogP contribution in [0.25, 0.3) is 55.1 Å². The van der Waals surface area contributed by atoms with Crippen molar-refractivity contribution in [3.63, 3.8) is 0 Å². The van der Waals surface area contributed by atoms with E-state index in [1.165, 1.54) is 0 Å². The summed E-state index contributed by atoms with van der Waals surface area (Å²) in [6.07, 6.45) is -12.2. The van der Waals surface area contributed by atoms with E-state index in [4.69, 9.17) is 13.1 Å². The Hall–Kier alpha value is -7.58. The Morgan fingerprint density at radius 3 is 1.65 bits per heavy atom. The van der Waals surface area contributed by atoms with E-state index in [1.807, 2.05) is 0 Å². The first-order valence-corrected chi connectivity index (χ1v) is 13.9. The molecule has 0 atom stereocenters. The minimum atomic E-state index is -6.10. The summed E-state index contributed by atoms with van der Waals surface area (Å²) in [6, 6.07) is 6.88. The predicted molar refractivity (Wildman–Crippen MR) is 156 cm³/mol. The summed E-state index contributed by atoms with van der Waals surface area (Å²) in [5.74, 6) is -3.61. The van der Waals surface area contributed by atoms with Gasteiger partial charge >= 0.3 is 23.6 Å². The summed E-state index contributed by atoms with van der Waals surface area (Å²) in [5, 5.41) is 18.6. The van der Waals surface area contributed by atoms with Crippen molar-refractivity contribution in [3.8, 4) is 34.9 Å². The highest BCUT2D eigenvalue weighted by atomic mass is 19.4. The molecule has 0 amide bonds. The first kappa shape index (κ1) is 30.7. The second kappa shape index (κ2) is 9.74. The van der Waals surface area contributed by atoms with Gasteiger partial charge in [0, 0.05) is 11.1 Å². The van der Waals surface area contributed by atoms with Crippen molar-refractivity contribution in [3.05, 3.63) is 92.9 Å². The third kappa shape index (κ3) is 3.72. The number of benzene rings is 2. The summed E-state index contributed by atoms with van der Waals surface area (Å²) in [5.41, 5.74) is -11.3. The first-order chi connectivity index (χ1) is 24.2. The third-order valence-corrected chi connectivity index (χ3v) is 8.48. The van der Waals surface area contributed by atoms with Crippen molar-refractivity contribution in [2.24, 2.45) is 0 Å². The number of imidazole rings is 2. The summed E-state index contributed by atoms with van der Waals surface area (Å²) in [4.78, 5) is 56.9. The Morgan fingerprint density at radius 1 is 0.608 bits per heavy atom. The van der Waals surface area contributed by atoms with E-state index < -0.39 is 80.7 Å². The summed E-state index contributed by atoms with van der Waals surface area (Å²) in [6.45, 7) is 14.4. The average molecular weight is 692 g/mol. The van der Waals surface area contributed by atoms with Crippen molar-refractivity contribution >= 4 is 46.0 Å². The first-order valence-electron chi connectivity index (χ1n) is 13.9. The number of carbonyl (C=O) groups excluding carboxylic acids is 2. The molecule has 20 heteroatoms. The maximum atomic E-state index is 15.3. The Bertz CT molecular complexity index is 2830. The number of nitriles is 2. The van der Waals surface area contributed by atoms with Gasteiger partial charge < -0.3 is 9.69 Å². The van der Waals surface area contributed by atoms with E-state index >= 15 is 26.3 Å². The summed E-state index contributed by atoms with van der Waals surface area (Å²) < 4.78 is 93.1. The van der Waals surface area contributed by atoms with Gasteiger partial charge in [0.15, 0.2) is 34.3 Å². The summed E-state index contributed by atoms with van der Waals surface area (Å²) >= 11 is 0. The molecule has 2 aromatic carbocycles. The lowest BCUT2D eigenvalue weighted by atomic mass is 9.71. The van der Waals surface area contributed by atoms with Gasteiger partial charge in [-0.2, -0.15) is 41.9 Å². The lowest BCUT2D eigenvalue weighted by molar-refractivity contribution is -0.288. The van der Waals surface area contributed by atoms with E-state index in [0.29, 0.717) is 24.3 Å². The second-order valence-electron chi connectivity index (χ2n) is 11.0.